The molecule has 2 amide bonds. The number of aliphatic hydroxyl groups excluding tert-OH is 1. The number of nitrogens with one attached hydrogen (secondary N) is 1. The predicted octanol–water partition coefficient (Wildman–Crippen LogP) is 0.189. The number of hydrogen-bond donors (Lipinski definition) is 2. The lowest BCUT2D eigenvalue weighted by atomic mass is 9.99. The highest BCUT2D eigenvalue weighted by Gasteiger charge is 2.25. The average molecular weight is 228 g/mol. The largest absolute Gasteiger partial charge is 0.396 e. The fraction of sp³-hybridized carbons (Fsp3) is 0.909. The summed E-state index contributed by atoms with van der Waals surface area (Å²) in [6, 6.07) is 0.163. The summed E-state index contributed by atoms with van der Waals surface area (Å²) in [4.78, 5) is 13.7. The fourth-order valence-corrected chi connectivity index (χ4v) is 2.31. The molecule has 0 aromatic carbocycles. The van der Waals surface area contributed by atoms with Crippen LogP contribution in [0.25, 0.3) is 0 Å². The molecule has 92 valence electrons. The number of carbonyl (C=O) groups excluding carboxylic acids is 1. The van der Waals surface area contributed by atoms with E-state index in [1.165, 1.54) is 0 Å². The fourth-order valence-electron chi connectivity index (χ4n) is 2.31. The number of aliphatic hydroxyl groups is 1. The molecule has 2 fully saturated rings. The van der Waals surface area contributed by atoms with Gasteiger partial charge in [-0.15, -0.1) is 0 Å². The monoisotopic (exact) mass is 228 g/mol. The molecular weight excluding hydrogens is 208 g/mol. The van der Waals surface area contributed by atoms with Crippen molar-refractivity contribution in [3.05, 3.63) is 0 Å². The van der Waals surface area contributed by atoms with Gasteiger partial charge < -0.3 is 20.1 Å². The van der Waals surface area contributed by atoms with Gasteiger partial charge in [-0.2, -0.15) is 0 Å². The van der Waals surface area contributed by atoms with Crippen LogP contribution in [-0.2, 0) is 4.74 Å². The predicted molar refractivity (Wildman–Crippen MR) is 59.1 cm³/mol. The summed E-state index contributed by atoms with van der Waals surface area (Å²) in [7, 11) is 0. The molecular formula is C11H20N2O3. The summed E-state index contributed by atoms with van der Waals surface area (Å²) >= 11 is 0. The molecule has 5 heteroatoms. The van der Waals surface area contributed by atoms with E-state index in [1.807, 2.05) is 4.90 Å². The minimum atomic E-state index is -0.00588. The molecule has 2 atom stereocenters. The minimum Gasteiger partial charge on any atom is -0.396 e. The lowest BCUT2D eigenvalue weighted by Crippen LogP contribution is -2.49. The Morgan fingerprint density at radius 2 is 2.38 bits per heavy atom. The maximum Gasteiger partial charge on any atom is 0.317 e. The van der Waals surface area contributed by atoms with E-state index < -0.39 is 0 Å². The molecule has 2 saturated heterocycles. The molecule has 16 heavy (non-hydrogen) atoms. The average Bonchev–Trinajstić information content (AvgIpc) is 2.82. The van der Waals surface area contributed by atoms with Gasteiger partial charge in [0.05, 0.1) is 12.6 Å². The van der Waals surface area contributed by atoms with Crippen molar-refractivity contribution < 1.29 is 14.6 Å². The molecule has 2 N–H and O–H groups in total. The molecule has 5 nitrogen and oxygen atoms in total. The number of nitrogens with zero attached hydrogens (tertiary/aromatic N) is 1. The third kappa shape index (κ3) is 2.86. The van der Waals surface area contributed by atoms with E-state index in [-0.39, 0.29) is 24.6 Å². The molecule has 0 radical (unpaired) electrons. The van der Waals surface area contributed by atoms with Gasteiger partial charge in [0.25, 0.3) is 0 Å². The summed E-state index contributed by atoms with van der Waals surface area (Å²) in [6.45, 7) is 3.02. The minimum absolute atomic E-state index is 0.00588. The van der Waals surface area contributed by atoms with Crippen molar-refractivity contribution in [2.75, 3.05) is 32.9 Å². The number of piperidine rings is 1. The van der Waals surface area contributed by atoms with Crippen LogP contribution in [0.3, 0.4) is 0 Å². The Kier molecular flexibility index (Phi) is 4.01. The number of likely N-dealkylation sites (tertiary alicyclic amines) is 1. The van der Waals surface area contributed by atoms with E-state index in [0.29, 0.717) is 13.2 Å². The lowest BCUT2D eigenvalue weighted by molar-refractivity contribution is 0.126. The van der Waals surface area contributed by atoms with Crippen LogP contribution in [-0.4, -0.2) is 55.0 Å². The number of ether oxygens (including phenoxy) is 1. The highest BCUT2D eigenvalue weighted by Crippen LogP contribution is 2.16. The topological polar surface area (TPSA) is 61.8 Å². The van der Waals surface area contributed by atoms with Crippen LogP contribution >= 0.6 is 0 Å². The normalized spacial score (nSPS) is 30.4. The van der Waals surface area contributed by atoms with Gasteiger partial charge in [-0.3, -0.25) is 0 Å². The maximum atomic E-state index is 11.9. The van der Waals surface area contributed by atoms with Gasteiger partial charge in [0.15, 0.2) is 0 Å². The molecule has 2 aliphatic heterocycles. The Morgan fingerprint density at radius 1 is 1.50 bits per heavy atom. The number of amides is 2. The quantitative estimate of drug-likeness (QED) is 0.709. The van der Waals surface area contributed by atoms with Crippen LogP contribution in [0.5, 0.6) is 0 Å². The zero-order chi connectivity index (χ0) is 11.4. The van der Waals surface area contributed by atoms with Crippen LogP contribution in [0.4, 0.5) is 4.79 Å². The molecule has 0 aromatic heterocycles. The first-order valence-corrected chi connectivity index (χ1v) is 6.03. The molecule has 2 rings (SSSR count). The van der Waals surface area contributed by atoms with E-state index in [4.69, 9.17) is 9.84 Å². The van der Waals surface area contributed by atoms with Crippen LogP contribution < -0.4 is 5.32 Å². The van der Waals surface area contributed by atoms with Gasteiger partial charge in [-0.1, -0.05) is 0 Å². The number of urea groups is 1. The maximum absolute atomic E-state index is 11.9. The molecule has 0 aromatic rings. The van der Waals surface area contributed by atoms with Crippen LogP contribution in [0.1, 0.15) is 19.3 Å². The molecule has 0 saturated carbocycles. The SMILES string of the molecule is O=C(NC1CCOC1)N1CCCC(CO)C1. The Balaban J connectivity index is 1.79. The van der Waals surface area contributed by atoms with E-state index in [0.717, 1.165) is 32.4 Å². The molecule has 2 unspecified atom stereocenters. The Morgan fingerprint density at radius 3 is 3.06 bits per heavy atom. The summed E-state index contributed by atoms with van der Waals surface area (Å²) in [5.74, 6) is 0.249. The Bertz CT molecular complexity index is 241. The zero-order valence-electron chi connectivity index (χ0n) is 9.52. The van der Waals surface area contributed by atoms with E-state index in [2.05, 4.69) is 5.32 Å². The van der Waals surface area contributed by atoms with Crippen LogP contribution in [0.2, 0.25) is 0 Å². The number of hydrogen-bond acceptors (Lipinski definition) is 3. The van der Waals surface area contributed by atoms with Crippen molar-refractivity contribution in [3.8, 4) is 0 Å². The third-order valence-electron chi connectivity index (χ3n) is 3.32. The first kappa shape index (κ1) is 11.7. The number of rotatable bonds is 2. The van der Waals surface area contributed by atoms with E-state index in [1.54, 1.807) is 0 Å². The summed E-state index contributed by atoms with van der Waals surface area (Å²) in [5, 5.41) is 12.1. The molecule has 0 aliphatic carbocycles. The van der Waals surface area contributed by atoms with Gasteiger partial charge in [-0.05, 0) is 25.2 Å². The van der Waals surface area contributed by atoms with Gasteiger partial charge in [-0.25, -0.2) is 4.79 Å². The van der Waals surface area contributed by atoms with Crippen molar-refractivity contribution in [3.63, 3.8) is 0 Å². The molecule has 0 spiro atoms. The Hall–Kier alpha value is -0.810. The third-order valence-corrected chi connectivity index (χ3v) is 3.32. The van der Waals surface area contributed by atoms with Gasteiger partial charge >= 0.3 is 6.03 Å². The van der Waals surface area contributed by atoms with Crippen molar-refractivity contribution in [2.24, 2.45) is 5.92 Å². The first-order valence-electron chi connectivity index (χ1n) is 6.03. The summed E-state index contributed by atoms with van der Waals surface area (Å²) in [6.07, 6.45) is 2.91. The van der Waals surface area contributed by atoms with Gasteiger partial charge in [0.2, 0.25) is 0 Å². The zero-order valence-corrected chi connectivity index (χ0v) is 9.52. The molecule has 2 heterocycles. The standard InChI is InChI=1S/C11H20N2O3/c14-7-9-2-1-4-13(6-9)11(15)12-10-3-5-16-8-10/h9-10,14H,1-8H2,(H,12,15). The Labute approximate surface area is 95.8 Å². The van der Waals surface area contributed by atoms with Crippen molar-refractivity contribution in [2.45, 2.75) is 25.3 Å². The first-order chi connectivity index (χ1) is 7.79. The second-order valence-electron chi connectivity index (χ2n) is 4.65. The van der Waals surface area contributed by atoms with Crippen LogP contribution in [0, 0.1) is 5.92 Å². The van der Waals surface area contributed by atoms with Gasteiger partial charge in [0, 0.05) is 26.3 Å². The highest BCUT2D eigenvalue weighted by molar-refractivity contribution is 5.74. The molecule has 2 aliphatic rings. The number of carbonyl (C=O) groups is 1. The summed E-state index contributed by atoms with van der Waals surface area (Å²) in [5.41, 5.74) is 0. The lowest BCUT2D eigenvalue weighted by Gasteiger charge is -2.32. The van der Waals surface area contributed by atoms with E-state index in [9.17, 15) is 4.79 Å². The highest BCUT2D eigenvalue weighted by atomic mass is 16.5. The smallest absolute Gasteiger partial charge is 0.317 e. The van der Waals surface area contributed by atoms with Crippen molar-refractivity contribution >= 4 is 6.03 Å². The summed E-state index contributed by atoms with van der Waals surface area (Å²) < 4.78 is 5.21. The van der Waals surface area contributed by atoms with Gasteiger partial charge in [0.1, 0.15) is 0 Å². The van der Waals surface area contributed by atoms with Crippen LogP contribution in [0.15, 0.2) is 0 Å². The second-order valence-corrected chi connectivity index (χ2v) is 4.65. The molecule has 0 bridgehead atoms. The van der Waals surface area contributed by atoms with Crippen molar-refractivity contribution in [1.29, 1.82) is 0 Å². The second kappa shape index (κ2) is 5.50. The van der Waals surface area contributed by atoms with E-state index >= 15 is 0 Å². The van der Waals surface area contributed by atoms with Crippen molar-refractivity contribution in [1.82, 2.24) is 10.2 Å².